The second-order valence-corrected chi connectivity index (χ2v) is 8.40. The Morgan fingerprint density at radius 1 is 1.07 bits per heavy atom. The minimum absolute atomic E-state index is 0.127. The van der Waals surface area contributed by atoms with E-state index in [4.69, 9.17) is 9.47 Å². The summed E-state index contributed by atoms with van der Waals surface area (Å²) in [5, 5.41) is 3.21. The van der Waals surface area contributed by atoms with E-state index < -0.39 is 0 Å². The standard InChI is InChI=1S/C26H27NO3/c1-18-13-14-24-21(15-18)22(16-26(2,3)30-24)27-25(28)20-11-7-8-12-23(20)29-17-19-9-5-4-6-10-19/h4-15,22H,16-17H2,1-3H3,(H,27,28)/t22-/m1/s1. The van der Waals surface area contributed by atoms with Crippen molar-refractivity contribution in [3.63, 3.8) is 0 Å². The van der Waals surface area contributed by atoms with E-state index in [0.29, 0.717) is 24.3 Å². The highest BCUT2D eigenvalue weighted by molar-refractivity contribution is 5.97. The van der Waals surface area contributed by atoms with E-state index in [2.05, 4.69) is 11.4 Å². The Morgan fingerprint density at radius 3 is 2.60 bits per heavy atom. The SMILES string of the molecule is Cc1ccc2c(c1)[C@H](NC(=O)c1ccccc1OCc1ccccc1)CC(C)(C)O2. The lowest BCUT2D eigenvalue weighted by atomic mass is 9.88. The highest BCUT2D eigenvalue weighted by Crippen LogP contribution is 2.40. The number of carbonyl (C=O) groups excluding carboxylic acids is 1. The molecule has 4 nitrogen and oxygen atoms in total. The maximum atomic E-state index is 13.2. The van der Waals surface area contributed by atoms with Gasteiger partial charge in [-0.25, -0.2) is 0 Å². The van der Waals surface area contributed by atoms with Crippen LogP contribution in [-0.2, 0) is 6.61 Å². The summed E-state index contributed by atoms with van der Waals surface area (Å²) < 4.78 is 12.1. The Bertz CT molecular complexity index is 1040. The number of hydrogen-bond acceptors (Lipinski definition) is 3. The Balaban J connectivity index is 1.55. The molecule has 1 aliphatic heterocycles. The summed E-state index contributed by atoms with van der Waals surface area (Å²) in [6.07, 6.45) is 0.697. The van der Waals surface area contributed by atoms with E-state index in [1.165, 1.54) is 0 Å². The summed E-state index contributed by atoms with van der Waals surface area (Å²) in [7, 11) is 0. The van der Waals surface area contributed by atoms with Crippen molar-refractivity contribution in [3.8, 4) is 11.5 Å². The van der Waals surface area contributed by atoms with Crippen LogP contribution in [0.4, 0.5) is 0 Å². The molecule has 3 aromatic rings. The molecule has 0 bridgehead atoms. The van der Waals surface area contributed by atoms with Crippen molar-refractivity contribution < 1.29 is 14.3 Å². The van der Waals surface area contributed by atoms with Gasteiger partial charge < -0.3 is 14.8 Å². The first-order valence-corrected chi connectivity index (χ1v) is 10.3. The molecule has 30 heavy (non-hydrogen) atoms. The van der Waals surface area contributed by atoms with Gasteiger partial charge in [0.1, 0.15) is 23.7 Å². The fourth-order valence-electron chi connectivity index (χ4n) is 3.85. The third kappa shape index (κ3) is 4.48. The average Bonchev–Trinajstić information content (AvgIpc) is 2.73. The molecule has 1 N–H and O–H groups in total. The molecule has 1 aliphatic rings. The summed E-state index contributed by atoms with van der Waals surface area (Å²) in [6, 6.07) is 23.3. The normalized spacial score (nSPS) is 16.8. The van der Waals surface area contributed by atoms with Crippen molar-refractivity contribution in [2.75, 3.05) is 0 Å². The molecule has 0 aromatic heterocycles. The van der Waals surface area contributed by atoms with Gasteiger partial charge in [-0.3, -0.25) is 4.79 Å². The number of fused-ring (bicyclic) bond motifs is 1. The zero-order valence-corrected chi connectivity index (χ0v) is 17.6. The Morgan fingerprint density at radius 2 is 1.80 bits per heavy atom. The van der Waals surface area contributed by atoms with Gasteiger partial charge in [0.25, 0.3) is 5.91 Å². The molecule has 0 saturated carbocycles. The van der Waals surface area contributed by atoms with E-state index in [-0.39, 0.29) is 17.6 Å². The van der Waals surface area contributed by atoms with Crippen LogP contribution in [0.25, 0.3) is 0 Å². The predicted octanol–water partition coefficient (Wildman–Crippen LogP) is 5.61. The third-order valence-corrected chi connectivity index (χ3v) is 5.30. The van der Waals surface area contributed by atoms with E-state index in [0.717, 1.165) is 22.4 Å². The Hall–Kier alpha value is -3.27. The van der Waals surface area contributed by atoms with Gasteiger partial charge in [-0.1, -0.05) is 60.2 Å². The quantitative estimate of drug-likeness (QED) is 0.605. The molecule has 0 aliphatic carbocycles. The molecule has 0 fully saturated rings. The highest BCUT2D eigenvalue weighted by Gasteiger charge is 2.35. The van der Waals surface area contributed by atoms with Gasteiger partial charge in [-0.2, -0.15) is 0 Å². The van der Waals surface area contributed by atoms with E-state index in [9.17, 15) is 4.79 Å². The van der Waals surface area contributed by atoms with Crippen LogP contribution in [0, 0.1) is 6.92 Å². The number of ether oxygens (including phenoxy) is 2. The van der Waals surface area contributed by atoms with Crippen molar-refractivity contribution >= 4 is 5.91 Å². The topological polar surface area (TPSA) is 47.6 Å². The monoisotopic (exact) mass is 401 g/mol. The molecule has 0 saturated heterocycles. The van der Waals surface area contributed by atoms with E-state index in [1.807, 2.05) is 81.4 Å². The number of benzene rings is 3. The van der Waals surface area contributed by atoms with Crippen LogP contribution in [-0.4, -0.2) is 11.5 Å². The van der Waals surface area contributed by atoms with Crippen LogP contribution in [0.3, 0.4) is 0 Å². The van der Waals surface area contributed by atoms with Gasteiger partial charge in [0.2, 0.25) is 0 Å². The maximum absolute atomic E-state index is 13.2. The molecular formula is C26H27NO3. The minimum atomic E-state index is -0.358. The molecule has 4 rings (SSSR count). The number of carbonyl (C=O) groups is 1. The molecular weight excluding hydrogens is 374 g/mol. The van der Waals surface area contributed by atoms with E-state index in [1.54, 1.807) is 6.07 Å². The molecule has 1 atom stereocenters. The van der Waals surface area contributed by atoms with Crippen molar-refractivity contribution in [1.82, 2.24) is 5.32 Å². The van der Waals surface area contributed by atoms with Crippen LogP contribution in [0.5, 0.6) is 11.5 Å². The van der Waals surface area contributed by atoms with Crippen LogP contribution >= 0.6 is 0 Å². The first-order chi connectivity index (χ1) is 14.4. The van der Waals surface area contributed by atoms with E-state index >= 15 is 0 Å². The molecule has 0 spiro atoms. The molecule has 154 valence electrons. The second-order valence-electron chi connectivity index (χ2n) is 8.40. The lowest BCUT2D eigenvalue weighted by Crippen LogP contribution is -2.41. The summed E-state index contributed by atoms with van der Waals surface area (Å²) in [4.78, 5) is 13.2. The maximum Gasteiger partial charge on any atom is 0.255 e. The van der Waals surface area contributed by atoms with Crippen molar-refractivity contribution in [3.05, 3.63) is 95.1 Å². The zero-order valence-electron chi connectivity index (χ0n) is 17.6. The van der Waals surface area contributed by atoms with Crippen molar-refractivity contribution in [2.24, 2.45) is 0 Å². The number of para-hydroxylation sites is 1. The molecule has 3 aromatic carbocycles. The summed E-state index contributed by atoms with van der Waals surface area (Å²) in [5.41, 5.74) is 3.40. The number of nitrogens with one attached hydrogen (secondary N) is 1. The Labute approximate surface area is 177 Å². The molecule has 0 radical (unpaired) electrons. The van der Waals surface area contributed by atoms with Gasteiger partial charge in [-0.15, -0.1) is 0 Å². The zero-order chi connectivity index (χ0) is 21.1. The van der Waals surface area contributed by atoms with Crippen LogP contribution in [0.2, 0.25) is 0 Å². The number of rotatable bonds is 5. The largest absolute Gasteiger partial charge is 0.488 e. The van der Waals surface area contributed by atoms with Gasteiger partial charge in [0, 0.05) is 12.0 Å². The smallest absolute Gasteiger partial charge is 0.255 e. The predicted molar refractivity (Wildman–Crippen MR) is 118 cm³/mol. The number of aryl methyl sites for hydroxylation is 1. The molecule has 1 heterocycles. The third-order valence-electron chi connectivity index (χ3n) is 5.30. The first-order valence-electron chi connectivity index (χ1n) is 10.3. The first kappa shape index (κ1) is 20.0. The highest BCUT2D eigenvalue weighted by atomic mass is 16.5. The lowest BCUT2D eigenvalue weighted by molar-refractivity contribution is 0.0618. The number of hydrogen-bond donors (Lipinski definition) is 1. The average molecular weight is 402 g/mol. The van der Waals surface area contributed by atoms with Crippen molar-refractivity contribution in [2.45, 2.75) is 45.4 Å². The van der Waals surface area contributed by atoms with Gasteiger partial charge >= 0.3 is 0 Å². The van der Waals surface area contributed by atoms with Crippen molar-refractivity contribution in [1.29, 1.82) is 0 Å². The summed E-state index contributed by atoms with van der Waals surface area (Å²) >= 11 is 0. The van der Waals surface area contributed by atoms with Gasteiger partial charge in [0.05, 0.1) is 11.6 Å². The molecule has 4 heteroatoms. The van der Waals surface area contributed by atoms with Gasteiger partial charge in [0.15, 0.2) is 0 Å². The second kappa shape index (κ2) is 8.23. The van der Waals surface area contributed by atoms with Crippen LogP contribution < -0.4 is 14.8 Å². The molecule has 1 amide bonds. The Kier molecular flexibility index (Phi) is 5.49. The molecule has 0 unspecified atom stereocenters. The minimum Gasteiger partial charge on any atom is -0.488 e. The van der Waals surface area contributed by atoms with Crippen LogP contribution in [0.15, 0.2) is 72.8 Å². The summed E-state index contributed by atoms with van der Waals surface area (Å²) in [5.74, 6) is 1.26. The fraction of sp³-hybridized carbons (Fsp3) is 0.269. The lowest BCUT2D eigenvalue weighted by Gasteiger charge is -2.38. The van der Waals surface area contributed by atoms with Gasteiger partial charge in [-0.05, 0) is 44.5 Å². The number of amides is 1. The summed E-state index contributed by atoms with van der Waals surface area (Å²) in [6.45, 7) is 6.56. The fourth-order valence-corrected chi connectivity index (χ4v) is 3.85. The van der Waals surface area contributed by atoms with Crippen LogP contribution in [0.1, 0.15) is 53.4 Å².